The second kappa shape index (κ2) is 8.88. The number of halogens is 2. The molecule has 0 aromatic heterocycles. The third kappa shape index (κ3) is 5.21. The summed E-state index contributed by atoms with van der Waals surface area (Å²) in [4.78, 5) is 24.2. The van der Waals surface area contributed by atoms with E-state index in [0.717, 1.165) is 17.7 Å². The van der Waals surface area contributed by atoms with Crippen LogP contribution in [0, 0.1) is 0 Å². The maximum atomic E-state index is 12.1. The minimum Gasteiger partial charge on any atom is -0.452 e. The zero-order valence-corrected chi connectivity index (χ0v) is 15.5. The molecule has 0 saturated heterocycles. The molecule has 1 amide bonds. The van der Waals surface area contributed by atoms with E-state index in [2.05, 4.69) is 19.2 Å². The molecule has 0 fully saturated rings. The first-order valence-corrected chi connectivity index (χ1v) is 8.69. The van der Waals surface area contributed by atoms with Crippen LogP contribution in [0.15, 0.2) is 42.5 Å². The average Bonchev–Trinajstić information content (AvgIpc) is 2.61. The van der Waals surface area contributed by atoms with E-state index < -0.39 is 18.5 Å². The van der Waals surface area contributed by atoms with Crippen molar-refractivity contribution in [1.82, 2.24) is 0 Å². The second-order valence-corrected chi connectivity index (χ2v) is 6.49. The van der Waals surface area contributed by atoms with E-state index >= 15 is 0 Å². The zero-order valence-electron chi connectivity index (χ0n) is 14.0. The summed E-state index contributed by atoms with van der Waals surface area (Å²) in [6.07, 6.45) is 0.954. The van der Waals surface area contributed by atoms with E-state index in [0.29, 0.717) is 10.9 Å². The van der Waals surface area contributed by atoms with Gasteiger partial charge in [0.1, 0.15) is 0 Å². The Morgan fingerprint density at radius 1 is 1.16 bits per heavy atom. The standard InChI is InChI=1S/C19H19Cl2NO3/c1-3-12(2)14-6-4-5-7-17(14)22-18(23)11-25-19(24)15-10-13(20)8-9-16(15)21/h4-10,12H,3,11H2,1-2H3,(H,22,23)/t12-/m1/s1. The zero-order chi connectivity index (χ0) is 18.4. The second-order valence-electron chi connectivity index (χ2n) is 5.65. The molecule has 0 aliphatic heterocycles. The Morgan fingerprint density at radius 2 is 1.88 bits per heavy atom. The number of ether oxygens (including phenoxy) is 1. The Labute approximate surface area is 157 Å². The topological polar surface area (TPSA) is 55.4 Å². The van der Waals surface area contributed by atoms with E-state index in [9.17, 15) is 9.59 Å². The number of para-hydroxylation sites is 1. The molecule has 0 spiro atoms. The molecule has 0 radical (unpaired) electrons. The van der Waals surface area contributed by atoms with Crippen molar-refractivity contribution in [3.63, 3.8) is 0 Å². The number of hydrogen-bond donors (Lipinski definition) is 1. The Bertz CT molecular complexity index is 777. The van der Waals surface area contributed by atoms with Gasteiger partial charge in [-0.2, -0.15) is 0 Å². The van der Waals surface area contributed by atoms with Crippen molar-refractivity contribution in [2.45, 2.75) is 26.2 Å². The number of carbonyl (C=O) groups excluding carboxylic acids is 2. The summed E-state index contributed by atoms with van der Waals surface area (Å²) in [6.45, 7) is 3.77. The number of hydrogen-bond acceptors (Lipinski definition) is 3. The van der Waals surface area contributed by atoms with E-state index in [4.69, 9.17) is 27.9 Å². The predicted octanol–water partition coefficient (Wildman–Crippen LogP) is 5.30. The molecule has 0 aliphatic rings. The van der Waals surface area contributed by atoms with Gasteiger partial charge in [-0.1, -0.05) is 55.2 Å². The summed E-state index contributed by atoms with van der Waals surface area (Å²) in [5.74, 6) is -0.801. The van der Waals surface area contributed by atoms with E-state index in [1.165, 1.54) is 12.1 Å². The molecule has 25 heavy (non-hydrogen) atoms. The Hall–Kier alpha value is -2.04. The molecular formula is C19H19Cl2NO3. The molecule has 0 heterocycles. The van der Waals surface area contributed by atoms with Gasteiger partial charge in [-0.05, 0) is 42.2 Å². The van der Waals surface area contributed by atoms with Crippen molar-refractivity contribution in [3.05, 3.63) is 63.6 Å². The van der Waals surface area contributed by atoms with Gasteiger partial charge in [0, 0.05) is 10.7 Å². The maximum absolute atomic E-state index is 12.1. The van der Waals surface area contributed by atoms with E-state index in [-0.39, 0.29) is 10.6 Å². The molecule has 132 valence electrons. The SMILES string of the molecule is CC[C@@H](C)c1ccccc1NC(=O)COC(=O)c1cc(Cl)ccc1Cl. The van der Waals surface area contributed by atoms with Gasteiger partial charge in [0.2, 0.25) is 0 Å². The summed E-state index contributed by atoms with van der Waals surface area (Å²) in [5.41, 5.74) is 1.89. The lowest BCUT2D eigenvalue weighted by molar-refractivity contribution is -0.119. The van der Waals surface area contributed by atoms with Crippen molar-refractivity contribution in [2.24, 2.45) is 0 Å². The van der Waals surface area contributed by atoms with Crippen molar-refractivity contribution in [2.75, 3.05) is 11.9 Å². The van der Waals surface area contributed by atoms with Gasteiger partial charge in [-0.3, -0.25) is 4.79 Å². The van der Waals surface area contributed by atoms with Crippen LogP contribution < -0.4 is 5.32 Å². The minimum absolute atomic E-state index is 0.127. The summed E-state index contributed by atoms with van der Waals surface area (Å²) in [7, 11) is 0. The van der Waals surface area contributed by atoms with Crippen LogP contribution in [0.25, 0.3) is 0 Å². The van der Waals surface area contributed by atoms with Crippen LogP contribution in [0.4, 0.5) is 5.69 Å². The van der Waals surface area contributed by atoms with Crippen LogP contribution in [-0.2, 0) is 9.53 Å². The van der Waals surface area contributed by atoms with Crippen LogP contribution in [0.5, 0.6) is 0 Å². The Balaban J connectivity index is 2.00. The fourth-order valence-electron chi connectivity index (χ4n) is 2.31. The number of nitrogens with one attached hydrogen (secondary N) is 1. The molecule has 6 heteroatoms. The summed E-state index contributed by atoms with van der Waals surface area (Å²) in [6, 6.07) is 12.1. The van der Waals surface area contributed by atoms with Crippen LogP contribution in [-0.4, -0.2) is 18.5 Å². The lowest BCUT2D eigenvalue weighted by atomic mass is 9.97. The predicted molar refractivity (Wildman–Crippen MR) is 101 cm³/mol. The van der Waals surface area contributed by atoms with Crippen molar-refractivity contribution >= 4 is 40.8 Å². The van der Waals surface area contributed by atoms with Crippen molar-refractivity contribution < 1.29 is 14.3 Å². The summed E-state index contributed by atoms with van der Waals surface area (Å²) < 4.78 is 5.03. The molecule has 1 N–H and O–H groups in total. The highest BCUT2D eigenvalue weighted by molar-refractivity contribution is 6.35. The molecule has 2 aromatic rings. The van der Waals surface area contributed by atoms with E-state index in [1.807, 2.05) is 24.3 Å². The molecule has 0 aliphatic carbocycles. The monoisotopic (exact) mass is 379 g/mol. The van der Waals surface area contributed by atoms with Gasteiger partial charge in [0.25, 0.3) is 5.91 Å². The largest absolute Gasteiger partial charge is 0.452 e. The van der Waals surface area contributed by atoms with Crippen molar-refractivity contribution in [3.8, 4) is 0 Å². The van der Waals surface area contributed by atoms with E-state index in [1.54, 1.807) is 6.07 Å². The third-order valence-electron chi connectivity index (χ3n) is 3.86. The first-order valence-electron chi connectivity index (χ1n) is 7.93. The Kier molecular flexibility index (Phi) is 6.85. The molecule has 0 unspecified atom stereocenters. The summed E-state index contributed by atoms with van der Waals surface area (Å²) >= 11 is 11.8. The fraction of sp³-hybridized carbons (Fsp3) is 0.263. The normalized spacial score (nSPS) is 11.7. The smallest absolute Gasteiger partial charge is 0.340 e. The fourth-order valence-corrected chi connectivity index (χ4v) is 2.68. The quantitative estimate of drug-likeness (QED) is 0.692. The highest BCUT2D eigenvalue weighted by atomic mass is 35.5. The van der Waals surface area contributed by atoms with Crippen LogP contribution in [0.3, 0.4) is 0 Å². The van der Waals surface area contributed by atoms with Crippen LogP contribution in [0.2, 0.25) is 10.0 Å². The molecule has 4 nitrogen and oxygen atoms in total. The molecular weight excluding hydrogens is 361 g/mol. The van der Waals surface area contributed by atoms with Gasteiger partial charge in [-0.25, -0.2) is 4.79 Å². The highest BCUT2D eigenvalue weighted by Crippen LogP contribution is 2.26. The number of anilines is 1. The first-order chi connectivity index (χ1) is 11.9. The Morgan fingerprint density at radius 3 is 2.60 bits per heavy atom. The minimum atomic E-state index is -0.696. The van der Waals surface area contributed by atoms with Crippen LogP contribution in [0.1, 0.15) is 42.1 Å². The van der Waals surface area contributed by atoms with Gasteiger partial charge in [0.15, 0.2) is 6.61 Å². The number of rotatable bonds is 6. The number of carbonyl (C=O) groups is 2. The van der Waals surface area contributed by atoms with Crippen LogP contribution >= 0.6 is 23.2 Å². The molecule has 2 rings (SSSR count). The molecule has 1 atom stereocenters. The lowest BCUT2D eigenvalue weighted by Crippen LogP contribution is -2.22. The lowest BCUT2D eigenvalue weighted by Gasteiger charge is -2.15. The number of esters is 1. The van der Waals surface area contributed by atoms with Gasteiger partial charge < -0.3 is 10.1 Å². The first kappa shape index (κ1) is 19.3. The summed E-state index contributed by atoms with van der Waals surface area (Å²) in [5, 5.41) is 3.37. The van der Waals surface area contributed by atoms with Gasteiger partial charge >= 0.3 is 5.97 Å². The van der Waals surface area contributed by atoms with Gasteiger partial charge in [0.05, 0.1) is 10.6 Å². The van der Waals surface area contributed by atoms with Gasteiger partial charge in [-0.15, -0.1) is 0 Å². The molecule has 2 aromatic carbocycles. The number of amides is 1. The molecule has 0 bridgehead atoms. The number of benzene rings is 2. The molecule has 0 saturated carbocycles. The maximum Gasteiger partial charge on any atom is 0.340 e. The van der Waals surface area contributed by atoms with Crippen molar-refractivity contribution in [1.29, 1.82) is 0 Å². The third-order valence-corrected chi connectivity index (χ3v) is 4.43. The average molecular weight is 380 g/mol. The highest BCUT2D eigenvalue weighted by Gasteiger charge is 2.16.